The van der Waals surface area contributed by atoms with Crippen LogP contribution in [0.3, 0.4) is 0 Å². The maximum absolute atomic E-state index is 12.3. The van der Waals surface area contributed by atoms with Gasteiger partial charge in [0.2, 0.25) is 11.9 Å². The molecule has 1 amide bonds. The lowest BCUT2D eigenvalue weighted by atomic mass is 10.1. The molecule has 1 heterocycles. The van der Waals surface area contributed by atoms with Gasteiger partial charge in [-0.25, -0.2) is 9.97 Å². The zero-order valence-corrected chi connectivity index (χ0v) is 13.3. The Labute approximate surface area is 121 Å². The van der Waals surface area contributed by atoms with Crippen molar-refractivity contribution in [1.82, 2.24) is 19.8 Å². The molecule has 0 saturated carbocycles. The van der Waals surface area contributed by atoms with Crippen molar-refractivity contribution in [2.45, 2.75) is 25.9 Å². The molecule has 0 radical (unpaired) electrons. The van der Waals surface area contributed by atoms with Crippen molar-refractivity contribution in [3.63, 3.8) is 0 Å². The molecule has 6 heteroatoms. The third-order valence-corrected chi connectivity index (χ3v) is 3.18. The Bertz CT molecular complexity index is 430. The summed E-state index contributed by atoms with van der Waals surface area (Å²) in [6, 6.07) is -0.0815. The number of likely N-dealkylation sites (N-methyl/N-ethyl adjacent to an activating group) is 2. The zero-order valence-electron chi connectivity index (χ0n) is 13.3. The van der Waals surface area contributed by atoms with Gasteiger partial charge in [-0.2, -0.15) is 0 Å². The van der Waals surface area contributed by atoms with Crippen molar-refractivity contribution in [2.24, 2.45) is 0 Å². The summed E-state index contributed by atoms with van der Waals surface area (Å²) in [6.45, 7) is 2.54. The molecular formula is C14H25N5O. The fourth-order valence-corrected chi connectivity index (χ4v) is 2.03. The van der Waals surface area contributed by atoms with Crippen LogP contribution in [0.15, 0.2) is 12.4 Å². The van der Waals surface area contributed by atoms with Gasteiger partial charge in [-0.05, 0) is 20.5 Å². The number of nitrogens with zero attached hydrogens (tertiary/aromatic N) is 5. The van der Waals surface area contributed by atoms with E-state index in [2.05, 4.69) is 9.97 Å². The number of amides is 1. The Morgan fingerprint density at radius 3 is 2.10 bits per heavy atom. The molecular weight excluding hydrogens is 254 g/mol. The summed E-state index contributed by atoms with van der Waals surface area (Å²) in [6.07, 6.45) is 4.33. The van der Waals surface area contributed by atoms with E-state index in [9.17, 15) is 4.79 Å². The van der Waals surface area contributed by atoms with E-state index in [-0.39, 0.29) is 11.9 Å². The first-order valence-corrected chi connectivity index (χ1v) is 6.76. The van der Waals surface area contributed by atoms with E-state index in [0.29, 0.717) is 12.5 Å². The van der Waals surface area contributed by atoms with E-state index in [4.69, 9.17) is 0 Å². The molecule has 112 valence electrons. The van der Waals surface area contributed by atoms with Crippen LogP contribution in [0.1, 0.15) is 18.9 Å². The average Bonchev–Trinajstić information content (AvgIpc) is 2.39. The number of aromatic nitrogens is 2. The molecule has 20 heavy (non-hydrogen) atoms. The van der Waals surface area contributed by atoms with Gasteiger partial charge in [-0.15, -0.1) is 0 Å². The fraction of sp³-hybridized carbons (Fsp3) is 0.643. The second-order valence-electron chi connectivity index (χ2n) is 5.37. The highest BCUT2D eigenvalue weighted by molar-refractivity contribution is 5.81. The number of hydrogen-bond acceptors (Lipinski definition) is 5. The Balaban J connectivity index is 2.70. The Morgan fingerprint density at radius 1 is 1.15 bits per heavy atom. The summed E-state index contributed by atoms with van der Waals surface area (Å²) < 4.78 is 0. The van der Waals surface area contributed by atoms with Crippen LogP contribution in [0.5, 0.6) is 0 Å². The van der Waals surface area contributed by atoms with E-state index >= 15 is 0 Å². The number of rotatable bonds is 6. The minimum Gasteiger partial charge on any atom is -0.347 e. The molecule has 0 fully saturated rings. The summed E-state index contributed by atoms with van der Waals surface area (Å²) in [5.41, 5.74) is 0.931. The molecule has 0 aromatic carbocycles. The molecule has 0 unspecified atom stereocenters. The molecule has 1 aromatic rings. The highest BCUT2D eigenvalue weighted by atomic mass is 16.2. The highest BCUT2D eigenvalue weighted by Gasteiger charge is 2.22. The molecule has 1 rings (SSSR count). The van der Waals surface area contributed by atoms with Crippen LogP contribution in [-0.2, 0) is 11.3 Å². The summed E-state index contributed by atoms with van der Waals surface area (Å²) >= 11 is 0. The third-order valence-electron chi connectivity index (χ3n) is 3.18. The van der Waals surface area contributed by atoms with E-state index in [1.54, 1.807) is 17.3 Å². The molecule has 0 N–H and O–H groups in total. The molecule has 6 nitrogen and oxygen atoms in total. The first-order valence-electron chi connectivity index (χ1n) is 6.76. The highest BCUT2D eigenvalue weighted by Crippen LogP contribution is 2.09. The number of anilines is 1. The summed E-state index contributed by atoms with van der Waals surface area (Å²) in [5.74, 6) is 0.789. The van der Waals surface area contributed by atoms with E-state index in [1.807, 2.05) is 52.0 Å². The Morgan fingerprint density at radius 2 is 1.70 bits per heavy atom. The molecule has 0 aliphatic rings. The van der Waals surface area contributed by atoms with Gasteiger partial charge >= 0.3 is 0 Å². The van der Waals surface area contributed by atoms with Gasteiger partial charge in [-0.1, -0.05) is 6.92 Å². The molecule has 0 saturated heterocycles. The number of carbonyl (C=O) groups is 1. The topological polar surface area (TPSA) is 52.6 Å². The molecule has 1 aromatic heterocycles. The van der Waals surface area contributed by atoms with Gasteiger partial charge in [0.1, 0.15) is 0 Å². The summed E-state index contributed by atoms with van der Waals surface area (Å²) in [5, 5.41) is 0. The smallest absolute Gasteiger partial charge is 0.239 e. The average molecular weight is 279 g/mol. The molecule has 0 bridgehead atoms. The Kier molecular flexibility index (Phi) is 5.88. The summed E-state index contributed by atoms with van der Waals surface area (Å²) in [7, 11) is 9.46. The second kappa shape index (κ2) is 7.19. The molecule has 0 aliphatic heterocycles. The molecule has 1 atom stereocenters. The third kappa shape index (κ3) is 4.16. The lowest BCUT2D eigenvalue weighted by Crippen LogP contribution is -2.43. The van der Waals surface area contributed by atoms with Gasteiger partial charge in [0.05, 0.1) is 6.04 Å². The SMILES string of the molecule is CC[C@H](C(=O)N(C)Cc1cnc(N(C)C)nc1)N(C)C. The van der Waals surface area contributed by atoms with Crippen LogP contribution < -0.4 is 4.90 Å². The predicted octanol–water partition coefficient (Wildman–Crippen LogP) is 0.841. The second-order valence-corrected chi connectivity index (χ2v) is 5.37. The molecule has 0 spiro atoms. The largest absolute Gasteiger partial charge is 0.347 e. The van der Waals surface area contributed by atoms with Crippen LogP contribution in [0, 0.1) is 0 Å². The van der Waals surface area contributed by atoms with Gasteiger partial charge in [-0.3, -0.25) is 9.69 Å². The zero-order chi connectivity index (χ0) is 15.3. The van der Waals surface area contributed by atoms with Crippen molar-refractivity contribution < 1.29 is 4.79 Å². The number of carbonyl (C=O) groups excluding carboxylic acids is 1. The van der Waals surface area contributed by atoms with E-state index in [1.165, 1.54) is 0 Å². The van der Waals surface area contributed by atoms with Gasteiger partial charge in [0, 0.05) is 45.6 Å². The predicted molar refractivity (Wildman–Crippen MR) is 80.6 cm³/mol. The van der Waals surface area contributed by atoms with Crippen LogP contribution >= 0.6 is 0 Å². The maximum atomic E-state index is 12.3. The van der Waals surface area contributed by atoms with Crippen LogP contribution in [-0.4, -0.2) is 67.0 Å². The van der Waals surface area contributed by atoms with Crippen molar-refractivity contribution in [1.29, 1.82) is 0 Å². The lowest BCUT2D eigenvalue weighted by Gasteiger charge is -2.27. The monoisotopic (exact) mass is 279 g/mol. The van der Waals surface area contributed by atoms with Gasteiger partial charge in [0.15, 0.2) is 0 Å². The van der Waals surface area contributed by atoms with Crippen LogP contribution in [0.25, 0.3) is 0 Å². The normalized spacial score (nSPS) is 12.3. The summed E-state index contributed by atoms with van der Waals surface area (Å²) in [4.78, 5) is 26.4. The number of hydrogen-bond donors (Lipinski definition) is 0. The van der Waals surface area contributed by atoms with Crippen molar-refractivity contribution in [3.8, 4) is 0 Å². The van der Waals surface area contributed by atoms with Gasteiger partial charge in [0.25, 0.3) is 0 Å². The van der Waals surface area contributed by atoms with Crippen LogP contribution in [0.4, 0.5) is 5.95 Å². The van der Waals surface area contributed by atoms with E-state index < -0.39 is 0 Å². The first-order chi connectivity index (χ1) is 9.36. The standard InChI is InChI=1S/C14H25N5O/c1-7-12(17(2)3)13(20)19(6)10-11-8-15-14(16-9-11)18(4)5/h8-9,12H,7,10H2,1-6H3/t12-/m1/s1. The quantitative estimate of drug-likeness (QED) is 0.772. The fourth-order valence-electron chi connectivity index (χ4n) is 2.03. The molecule has 0 aliphatic carbocycles. The van der Waals surface area contributed by atoms with Crippen molar-refractivity contribution in [2.75, 3.05) is 40.1 Å². The maximum Gasteiger partial charge on any atom is 0.239 e. The minimum absolute atomic E-state index is 0.0815. The minimum atomic E-state index is -0.0815. The van der Waals surface area contributed by atoms with E-state index in [0.717, 1.165) is 12.0 Å². The van der Waals surface area contributed by atoms with Crippen molar-refractivity contribution in [3.05, 3.63) is 18.0 Å². The van der Waals surface area contributed by atoms with Crippen molar-refractivity contribution >= 4 is 11.9 Å². The van der Waals surface area contributed by atoms with Gasteiger partial charge < -0.3 is 9.80 Å². The Hall–Kier alpha value is -1.69. The first kappa shape index (κ1) is 16.4. The van der Waals surface area contributed by atoms with Crippen LogP contribution in [0.2, 0.25) is 0 Å². The lowest BCUT2D eigenvalue weighted by molar-refractivity contribution is -0.135.